The molecule has 0 saturated carbocycles. The summed E-state index contributed by atoms with van der Waals surface area (Å²) < 4.78 is 22.5. The third-order valence-corrected chi connectivity index (χ3v) is 14.7. The smallest absolute Gasteiger partial charge is 0.535 e. The molecule has 0 bridgehead atoms. The lowest BCUT2D eigenvalue weighted by Gasteiger charge is -2.11. The molecule has 0 aliphatic heterocycles. The Morgan fingerprint density at radius 3 is 1.23 bits per heavy atom. The van der Waals surface area contributed by atoms with Crippen LogP contribution in [0.5, 0.6) is 5.75 Å². The molecule has 10 aromatic carbocycles. The molecule has 0 unspecified atom stereocenters. The van der Waals surface area contributed by atoms with Crippen LogP contribution < -0.4 is 4.65 Å². The Morgan fingerprint density at radius 1 is 0.342 bits per heavy atom. The number of fused-ring (bicyclic) bond motifs is 12. The predicted octanol–water partition coefficient (Wildman–Crippen LogP) is 16.5. The maximum absolute atomic E-state index is 9.30. The largest absolute Gasteiger partial charge is 0.569 e. The zero-order valence-corrected chi connectivity index (χ0v) is 42.1. The molecule has 0 atom stereocenters. The van der Waals surface area contributed by atoms with Gasteiger partial charge in [-0.15, -0.1) is 0 Å². The first-order valence-electron chi connectivity index (χ1n) is 26.0. The zero-order chi connectivity index (χ0) is 52.4. The van der Waals surface area contributed by atoms with Gasteiger partial charge in [0.1, 0.15) is 33.8 Å². The van der Waals surface area contributed by atoms with Gasteiger partial charge in [-0.3, -0.25) is 0 Å². The third kappa shape index (κ3) is 7.70. The number of rotatable bonds is 8. The van der Waals surface area contributed by atoms with E-state index in [9.17, 15) is 5.02 Å². The van der Waals surface area contributed by atoms with Crippen molar-refractivity contribution in [3.05, 3.63) is 249 Å². The van der Waals surface area contributed by atoms with Crippen LogP contribution in [-0.4, -0.2) is 41.8 Å². The first-order valence-corrected chi connectivity index (χ1v) is 26.0. The summed E-state index contributed by atoms with van der Waals surface area (Å²) >= 11 is 0. The summed E-state index contributed by atoms with van der Waals surface area (Å²) in [5, 5.41) is 16.0. The fraction of sp³-hybridized carbons (Fsp3) is 0. The van der Waals surface area contributed by atoms with E-state index in [1.165, 1.54) is 32.6 Å². The summed E-state index contributed by atoms with van der Waals surface area (Å²) in [4.78, 5) is 20.2. The van der Waals surface area contributed by atoms with Gasteiger partial charge >= 0.3 is 7.69 Å². The highest BCUT2D eigenvalue weighted by Gasteiger charge is 2.23. The second-order valence-electron chi connectivity index (χ2n) is 19.3. The zero-order valence-electron chi connectivity index (χ0n) is 42.1. The van der Waals surface area contributed by atoms with Crippen molar-refractivity contribution in [2.24, 2.45) is 0 Å². The molecule has 0 aliphatic carbocycles. The first kappa shape index (κ1) is 45.7. The molecule has 0 fully saturated rings. The number of benzene rings is 10. The van der Waals surface area contributed by atoms with Crippen LogP contribution in [0.2, 0.25) is 0 Å². The van der Waals surface area contributed by atoms with E-state index in [4.69, 9.17) is 33.4 Å². The van der Waals surface area contributed by atoms with E-state index < -0.39 is 0 Å². The van der Waals surface area contributed by atoms with Gasteiger partial charge in [0, 0.05) is 60.6 Å². The number of aromatic nitrogens is 6. The monoisotopic (exact) mass is 1020 g/mol. The number of hydrogen-bond donors (Lipinski definition) is 1. The lowest BCUT2D eigenvalue weighted by atomic mass is 10.1. The van der Waals surface area contributed by atoms with Gasteiger partial charge in [-0.1, -0.05) is 176 Å². The van der Waals surface area contributed by atoms with Crippen molar-refractivity contribution in [1.29, 1.82) is 0 Å². The highest BCUT2D eigenvalue weighted by Crippen LogP contribution is 2.41. The predicted molar refractivity (Wildman–Crippen MR) is 318 cm³/mol. The van der Waals surface area contributed by atoms with Crippen molar-refractivity contribution < 1.29 is 18.5 Å². The summed E-state index contributed by atoms with van der Waals surface area (Å²) in [5.41, 5.74) is 16.0. The summed E-state index contributed by atoms with van der Waals surface area (Å²) in [6.07, 6.45) is 0. The molecule has 0 spiro atoms. The SMILES string of the molecule is O[B]Oc1cccc2c1oc1c(-c3ccccc3)nc(-c3cccc(-n4c5ccccc5c5ccccc54)c3)nc12.c1ccc(-c2nc(-c3cccc(-n4c5ccccc5c5ccccc54)c3)nc3c2oc2ccccc23)cc1. The maximum atomic E-state index is 9.30. The van der Waals surface area contributed by atoms with Gasteiger partial charge in [0.2, 0.25) is 0 Å². The Kier molecular flexibility index (Phi) is 10.9. The topological polar surface area (TPSA) is 117 Å². The Hall–Kier alpha value is -10.6. The standard InChI is InChI=1S/C34H21BN3O3.C34H21N3O/c39-35-41-29-19-9-16-26-31-33(40-32(26)29)30(21-10-2-1-3-11-21)36-34(37-31)22-12-8-13-23(20-22)38-27-17-6-4-14-24(27)25-15-5-7-18-28(25)38;1-2-11-22(12-3-1)31-33-32(27-17-6-9-20-30(27)38-33)36-34(35-31)23-13-10-14-24(21-23)37-28-18-7-4-15-25(28)26-16-5-8-19-29(26)37/h1-20,39H;1-21H. The minimum Gasteiger partial charge on any atom is -0.535 e. The van der Waals surface area contributed by atoms with E-state index >= 15 is 0 Å². The van der Waals surface area contributed by atoms with Gasteiger partial charge in [-0.05, 0) is 72.8 Å². The van der Waals surface area contributed by atoms with Gasteiger partial charge in [0.15, 0.2) is 28.4 Å². The van der Waals surface area contributed by atoms with Gasteiger partial charge < -0.3 is 27.6 Å². The van der Waals surface area contributed by atoms with E-state index in [0.717, 1.165) is 72.2 Å². The van der Waals surface area contributed by atoms with Crippen LogP contribution in [0.1, 0.15) is 0 Å². The van der Waals surface area contributed by atoms with E-state index in [1.807, 2.05) is 91.0 Å². The normalized spacial score (nSPS) is 11.6. The molecular formula is C68H42BN6O4. The Bertz CT molecular complexity index is 4900. The van der Waals surface area contributed by atoms with Gasteiger partial charge in [-0.2, -0.15) is 0 Å². The van der Waals surface area contributed by atoms with Crippen LogP contribution in [0.4, 0.5) is 0 Å². The second kappa shape index (κ2) is 18.9. The van der Waals surface area contributed by atoms with E-state index in [0.29, 0.717) is 53.0 Å². The van der Waals surface area contributed by atoms with E-state index in [2.05, 4.69) is 161 Å². The van der Waals surface area contributed by atoms with Crippen molar-refractivity contribution in [3.63, 3.8) is 0 Å². The van der Waals surface area contributed by atoms with E-state index in [1.54, 1.807) is 6.07 Å². The molecule has 10 nitrogen and oxygen atoms in total. The molecule has 11 heteroatoms. The van der Waals surface area contributed by atoms with Crippen LogP contribution in [0.3, 0.4) is 0 Å². The summed E-state index contributed by atoms with van der Waals surface area (Å²) in [5.74, 6) is 1.66. The van der Waals surface area contributed by atoms with Crippen molar-refractivity contribution in [2.75, 3.05) is 0 Å². The number of para-hydroxylation sites is 6. The van der Waals surface area contributed by atoms with Crippen LogP contribution in [0, 0.1) is 0 Å². The fourth-order valence-corrected chi connectivity index (χ4v) is 11.2. The molecule has 0 aliphatic rings. The van der Waals surface area contributed by atoms with Crippen molar-refractivity contribution >= 4 is 95.4 Å². The molecule has 6 aromatic heterocycles. The van der Waals surface area contributed by atoms with Crippen LogP contribution in [-0.2, 0) is 0 Å². The second-order valence-corrected chi connectivity index (χ2v) is 19.3. The van der Waals surface area contributed by atoms with Gasteiger partial charge in [0.05, 0.1) is 27.5 Å². The van der Waals surface area contributed by atoms with Crippen LogP contribution >= 0.6 is 0 Å². The summed E-state index contributed by atoms with van der Waals surface area (Å²) in [7, 11) is 0.650. The molecular weight excluding hydrogens is 976 g/mol. The first-order chi connectivity index (χ1) is 39.1. The molecule has 79 heavy (non-hydrogen) atoms. The lowest BCUT2D eigenvalue weighted by molar-refractivity contribution is 0.451. The summed E-state index contributed by atoms with van der Waals surface area (Å²) in [6, 6.07) is 84.5. The Balaban J connectivity index is 0.000000137. The Labute approximate surface area is 452 Å². The lowest BCUT2D eigenvalue weighted by Crippen LogP contribution is -1.99. The highest BCUT2D eigenvalue weighted by atomic mass is 16.5. The third-order valence-electron chi connectivity index (χ3n) is 14.7. The fourth-order valence-electron chi connectivity index (χ4n) is 11.2. The maximum Gasteiger partial charge on any atom is 0.569 e. The number of nitrogens with zero attached hydrogens (tertiary/aromatic N) is 6. The quantitative estimate of drug-likeness (QED) is 0.150. The molecule has 16 rings (SSSR count). The molecule has 1 radical (unpaired) electrons. The molecule has 6 heterocycles. The summed E-state index contributed by atoms with van der Waals surface area (Å²) in [6.45, 7) is 0. The van der Waals surface area contributed by atoms with Crippen LogP contribution in [0.15, 0.2) is 258 Å². The minimum atomic E-state index is 0.400. The minimum absolute atomic E-state index is 0.400. The van der Waals surface area contributed by atoms with Gasteiger partial charge in [0.25, 0.3) is 0 Å². The number of hydrogen-bond acceptors (Lipinski definition) is 8. The highest BCUT2D eigenvalue weighted by molar-refractivity contribution is 6.19. The van der Waals surface area contributed by atoms with Crippen LogP contribution in [0.25, 0.3) is 144 Å². The average Bonchev–Trinajstić information content (AvgIpc) is 4.29. The molecule has 0 amide bonds. The Morgan fingerprint density at radius 2 is 0.734 bits per heavy atom. The number of furan rings is 2. The van der Waals surface area contributed by atoms with Crippen molar-refractivity contribution in [2.45, 2.75) is 0 Å². The van der Waals surface area contributed by atoms with E-state index in [-0.39, 0.29) is 0 Å². The van der Waals surface area contributed by atoms with Gasteiger partial charge in [-0.25, -0.2) is 19.9 Å². The molecule has 1 N–H and O–H groups in total. The molecule has 371 valence electrons. The average molecular weight is 1020 g/mol. The molecule has 16 aromatic rings. The molecule has 0 saturated heterocycles. The van der Waals surface area contributed by atoms with Crippen molar-refractivity contribution in [3.8, 4) is 62.4 Å². The van der Waals surface area contributed by atoms with Crippen molar-refractivity contribution in [1.82, 2.24) is 29.1 Å².